The molecule has 0 unspecified atom stereocenters. The summed E-state index contributed by atoms with van der Waals surface area (Å²) in [7, 11) is 0. The maximum atomic E-state index is 2.32. The average molecular weight is 310 g/mol. The van der Waals surface area contributed by atoms with Crippen molar-refractivity contribution >= 4 is 27.0 Å². The van der Waals surface area contributed by atoms with Crippen LogP contribution in [0.4, 0.5) is 0 Å². The van der Waals surface area contributed by atoms with E-state index in [1.54, 1.807) is 3.62 Å². The van der Waals surface area contributed by atoms with Crippen LogP contribution in [0.3, 0.4) is 0 Å². The summed E-state index contributed by atoms with van der Waals surface area (Å²) in [5, 5.41) is 0. The molecule has 2 rings (SSSR count). The van der Waals surface area contributed by atoms with E-state index in [0.29, 0.717) is 0 Å². The Morgan fingerprint density at radius 2 is 2.07 bits per heavy atom. The van der Waals surface area contributed by atoms with Crippen LogP contribution in [-0.2, 0) is 0 Å². The Balaban J connectivity index is 1.76. The summed E-state index contributed by atoms with van der Waals surface area (Å²) in [6, 6.07) is 10.5. The normalized spacial score (nSPS) is 14.8. The van der Waals surface area contributed by atoms with Crippen molar-refractivity contribution in [2.24, 2.45) is 0 Å². The zero-order valence-electron chi connectivity index (χ0n) is 8.60. The van der Waals surface area contributed by atoms with Gasteiger partial charge in [0.25, 0.3) is 0 Å². The summed E-state index contributed by atoms with van der Waals surface area (Å²) >= 11 is 0.0609. The molecule has 1 aliphatic carbocycles. The van der Waals surface area contributed by atoms with Crippen molar-refractivity contribution in [3.63, 3.8) is 0 Å². The van der Waals surface area contributed by atoms with Crippen LogP contribution >= 0.6 is 0 Å². The summed E-state index contributed by atoms with van der Waals surface area (Å²) in [5.74, 6) is 0. The Hall–Kier alpha value is -0.770. The van der Waals surface area contributed by atoms with Crippen LogP contribution in [0.2, 0.25) is 4.47 Å². The fourth-order valence-electron chi connectivity index (χ4n) is 1.44. The number of hydrogen-bond acceptors (Lipinski definition) is 0. The second-order valence-electron chi connectivity index (χ2n) is 3.39. The number of benzene rings is 1. The molecule has 0 fully saturated rings. The van der Waals surface area contributed by atoms with Crippen LogP contribution in [0.15, 0.2) is 58.3 Å². The Morgan fingerprint density at radius 3 is 2.80 bits per heavy atom. The third-order valence-corrected chi connectivity index (χ3v) is 5.16. The van der Waals surface area contributed by atoms with E-state index in [1.165, 1.54) is 16.5 Å². The van der Waals surface area contributed by atoms with E-state index < -0.39 is 0 Å². The first-order valence-corrected chi connectivity index (χ1v) is 7.96. The first kappa shape index (κ1) is 10.7. The van der Waals surface area contributed by atoms with E-state index in [0.717, 1.165) is 0 Å². The Kier molecular flexibility index (Phi) is 4.26. The quantitative estimate of drug-likeness (QED) is 0.745. The van der Waals surface area contributed by atoms with Gasteiger partial charge < -0.3 is 0 Å². The molecule has 0 amide bonds. The molecule has 1 aromatic carbocycles. The molecule has 0 heterocycles. The van der Waals surface area contributed by atoms with Crippen molar-refractivity contribution in [1.82, 2.24) is 0 Å². The van der Waals surface area contributed by atoms with Crippen molar-refractivity contribution in [2.75, 3.05) is 0 Å². The first-order valence-electron chi connectivity index (χ1n) is 5.15. The molecule has 0 aliphatic heterocycles. The molecule has 0 saturated heterocycles. The molecule has 15 heavy (non-hydrogen) atoms. The molecule has 0 nitrogen and oxygen atoms in total. The van der Waals surface area contributed by atoms with Gasteiger partial charge in [-0.3, -0.25) is 0 Å². The summed E-state index contributed by atoms with van der Waals surface area (Å²) in [6.45, 7) is 0. The van der Waals surface area contributed by atoms with Crippen LogP contribution < -0.4 is 0 Å². The molecule has 0 N–H and O–H groups in total. The van der Waals surface area contributed by atoms with E-state index >= 15 is 0 Å². The van der Waals surface area contributed by atoms with Gasteiger partial charge in [0.2, 0.25) is 0 Å². The zero-order chi connectivity index (χ0) is 10.3. The number of allylic oxidation sites excluding steroid dienone is 5. The molecular formula is C14H14Te. The predicted octanol–water partition coefficient (Wildman–Crippen LogP) is 3.67. The van der Waals surface area contributed by atoms with Crippen molar-refractivity contribution in [2.45, 2.75) is 10.9 Å². The molecule has 0 aromatic heterocycles. The minimum absolute atomic E-state index is 0.0609. The first-order chi connectivity index (χ1) is 7.45. The number of hydrogen-bond donors (Lipinski definition) is 0. The summed E-state index contributed by atoms with van der Waals surface area (Å²) in [5.41, 5.74) is 1.31. The molecule has 76 valence electrons. The predicted molar refractivity (Wildman–Crippen MR) is 67.9 cm³/mol. The summed E-state index contributed by atoms with van der Waals surface area (Å²) in [4.78, 5) is 0. The topological polar surface area (TPSA) is 0 Å². The van der Waals surface area contributed by atoms with E-state index in [4.69, 9.17) is 0 Å². The monoisotopic (exact) mass is 312 g/mol. The zero-order valence-corrected chi connectivity index (χ0v) is 10.9. The Labute approximate surface area is 101 Å². The molecule has 0 saturated carbocycles. The van der Waals surface area contributed by atoms with Crippen LogP contribution in [0.1, 0.15) is 12.0 Å². The van der Waals surface area contributed by atoms with Crippen molar-refractivity contribution in [3.8, 4) is 0 Å². The molecular weight excluding hydrogens is 296 g/mol. The van der Waals surface area contributed by atoms with Gasteiger partial charge in [-0.15, -0.1) is 0 Å². The molecule has 1 heteroatoms. The van der Waals surface area contributed by atoms with Gasteiger partial charge >= 0.3 is 102 Å². The number of rotatable bonds is 4. The second-order valence-corrected chi connectivity index (χ2v) is 6.66. The Morgan fingerprint density at radius 1 is 1.20 bits per heavy atom. The van der Waals surface area contributed by atoms with Gasteiger partial charge in [-0.25, -0.2) is 0 Å². The van der Waals surface area contributed by atoms with Gasteiger partial charge in [-0.1, -0.05) is 0 Å². The van der Waals surface area contributed by atoms with Gasteiger partial charge in [0.15, 0.2) is 0 Å². The third-order valence-electron chi connectivity index (χ3n) is 2.21. The van der Waals surface area contributed by atoms with Crippen LogP contribution in [0.5, 0.6) is 0 Å². The van der Waals surface area contributed by atoms with E-state index in [-0.39, 0.29) is 20.9 Å². The van der Waals surface area contributed by atoms with Crippen LogP contribution in [0.25, 0.3) is 6.08 Å². The molecule has 0 atom stereocenters. The summed E-state index contributed by atoms with van der Waals surface area (Å²) in [6.07, 6.45) is 12.5. The molecule has 1 aliphatic rings. The molecule has 0 spiro atoms. The average Bonchev–Trinajstić information content (AvgIpc) is 2.79. The van der Waals surface area contributed by atoms with Gasteiger partial charge in [-0.05, 0) is 0 Å². The van der Waals surface area contributed by atoms with E-state index in [1.807, 2.05) is 0 Å². The molecule has 0 bridgehead atoms. The van der Waals surface area contributed by atoms with E-state index in [9.17, 15) is 0 Å². The molecule has 1 aromatic rings. The van der Waals surface area contributed by atoms with Gasteiger partial charge in [-0.2, -0.15) is 0 Å². The Bertz CT molecular complexity index is 385. The fourth-order valence-corrected chi connectivity index (χ4v) is 3.71. The molecule has 0 radical (unpaired) electrons. The van der Waals surface area contributed by atoms with Gasteiger partial charge in [0.05, 0.1) is 0 Å². The van der Waals surface area contributed by atoms with Gasteiger partial charge in [0, 0.05) is 0 Å². The van der Waals surface area contributed by atoms with Crippen molar-refractivity contribution < 1.29 is 0 Å². The third kappa shape index (κ3) is 3.70. The van der Waals surface area contributed by atoms with Crippen molar-refractivity contribution in [1.29, 1.82) is 0 Å². The van der Waals surface area contributed by atoms with Crippen LogP contribution in [-0.4, -0.2) is 20.9 Å². The van der Waals surface area contributed by atoms with Crippen molar-refractivity contribution in [3.05, 3.63) is 63.8 Å². The fraction of sp³-hybridized carbons (Fsp3) is 0.143. The standard InChI is InChI=1S/C14H14Te/c1-2-7-13(8-3-1)9-6-12-15-14-10-4-5-11-14/h1-10H,11-12H2/b9-6+. The summed E-state index contributed by atoms with van der Waals surface area (Å²) < 4.78 is 2.95. The maximum absolute atomic E-state index is 2.32. The van der Waals surface area contributed by atoms with Crippen LogP contribution in [0, 0.1) is 0 Å². The SMILES string of the molecule is C1=CCC([Te]C/C=C/c2ccccc2)=C1. The second kappa shape index (κ2) is 5.95. The van der Waals surface area contributed by atoms with Gasteiger partial charge in [0.1, 0.15) is 0 Å². The van der Waals surface area contributed by atoms with E-state index in [2.05, 4.69) is 60.7 Å². The minimum atomic E-state index is 0.0609.